The second-order valence-corrected chi connectivity index (χ2v) is 4.61. The first-order valence-corrected chi connectivity index (χ1v) is 6.37. The molecule has 3 heterocycles. The quantitative estimate of drug-likeness (QED) is 0.748. The summed E-state index contributed by atoms with van der Waals surface area (Å²) in [5.74, 6) is -0.617. The summed E-state index contributed by atoms with van der Waals surface area (Å²) in [6.45, 7) is 0. The molecule has 0 saturated heterocycles. The van der Waals surface area contributed by atoms with Crippen molar-refractivity contribution in [3.05, 3.63) is 36.4 Å². The molecule has 1 aliphatic heterocycles. The average molecular weight is 319 g/mol. The highest BCUT2D eigenvalue weighted by Gasteiger charge is 2.43. The number of aromatic amines is 1. The van der Waals surface area contributed by atoms with Gasteiger partial charge in [-0.05, 0) is 0 Å². The molecule has 0 unspecified atom stereocenters. The second-order valence-electron chi connectivity index (χ2n) is 4.61. The van der Waals surface area contributed by atoms with Crippen LogP contribution in [0.4, 0.5) is 14.7 Å². The van der Waals surface area contributed by atoms with Gasteiger partial charge in [0, 0.05) is 24.5 Å². The normalized spacial score (nSPS) is 14.9. The molecule has 1 aliphatic rings. The summed E-state index contributed by atoms with van der Waals surface area (Å²) in [4.78, 5) is 26.5. The number of H-pyrrole nitrogens is 1. The first-order chi connectivity index (χ1) is 11.0. The molecule has 8 nitrogen and oxygen atoms in total. The van der Waals surface area contributed by atoms with Gasteiger partial charge in [-0.15, -0.1) is 8.78 Å². The lowest BCUT2D eigenvalue weighted by molar-refractivity contribution is -0.286. The number of rotatable bonds is 2. The third kappa shape index (κ3) is 2.39. The molecule has 2 N–H and O–H groups in total. The number of fused-ring (bicyclic) bond motifs is 2. The van der Waals surface area contributed by atoms with E-state index in [1.807, 2.05) is 0 Å². The lowest BCUT2D eigenvalue weighted by Crippen LogP contribution is -2.25. The summed E-state index contributed by atoms with van der Waals surface area (Å²) in [5.41, 5.74) is 0.848. The summed E-state index contributed by atoms with van der Waals surface area (Å²) < 4.78 is 34.7. The topological polar surface area (TPSA) is 102 Å². The average Bonchev–Trinajstić information content (AvgIpc) is 3.02. The lowest BCUT2D eigenvalue weighted by Gasteiger charge is -2.04. The lowest BCUT2D eigenvalue weighted by atomic mass is 10.3. The fraction of sp³-hybridized carbons (Fsp3) is 0.0769. The maximum absolute atomic E-state index is 13.0. The number of nitrogens with one attached hydrogen (secondary N) is 2. The van der Waals surface area contributed by atoms with Gasteiger partial charge in [-0.3, -0.25) is 15.1 Å². The van der Waals surface area contributed by atoms with Gasteiger partial charge in [0.2, 0.25) is 5.95 Å². The van der Waals surface area contributed by atoms with E-state index in [1.54, 1.807) is 0 Å². The van der Waals surface area contributed by atoms with Gasteiger partial charge >= 0.3 is 6.29 Å². The molecule has 0 saturated carbocycles. The smallest absolute Gasteiger partial charge is 0.395 e. The number of alkyl halides is 2. The van der Waals surface area contributed by atoms with Crippen molar-refractivity contribution >= 4 is 22.9 Å². The van der Waals surface area contributed by atoms with E-state index < -0.39 is 12.2 Å². The zero-order valence-electron chi connectivity index (χ0n) is 11.2. The Kier molecular flexibility index (Phi) is 2.67. The first-order valence-electron chi connectivity index (χ1n) is 6.37. The van der Waals surface area contributed by atoms with Crippen molar-refractivity contribution in [2.24, 2.45) is 0 Å². The molecular formula is C13H7F2N5O3. The Hall–Kier alpha value is -3.30. The van der Waals surface area contributed by atoms with Crippen molar-refractivity contribution in [1.82, 2.24) is 19.9 Å². The number of carbonyl (C=O) groups excluding carboxylic acids is 1. The van der Waals surface area contributed by atoms with Crippen LogP contribution >= 0.6 is 0 Å². The van der Waals surface area contributed by atoms with E-state index in [1.165, 1.54) is 30.7 Å². The number of benzene rings is 1. The molecule has 23 heavy (non-hydrogen) atoms. The number of carbonyl (C=O) groups is 1. The summed E-state index contributed by atoms with van der Waals surface area (Å²) in [6.07, 6.45) is 0.433. The number of imidazole rings is 1. The molecule has 3 aromatic rings. The molecule has 2 aromatic heterocycles. The SMILES string of the molecule is O=C(Nc1nc2cc3c(cc2[nH]1)OC(F)(F)O3)c1cnccn1. The van der Waals surface area contributed by atoms with E-state index in [4.69, 9.17) is 0 Å². The number of anilines is 1. The predicted octanol–water partition coefficient (Wildman–Crippen LogP) is 1.93. The Morgan fingerprint density at radius 1 is 1.22 bits per heavy atom. The van der Waals surface area contributed by atoms with Gasteiger partial charge in [-0.2, -0.15) is 0 Å². The zero-order chi connectivity index (χ0) is 16.0. The Morgan fingerprint density at radius 3 is 2.74 bits per heavy atom. The number of aromatic nitrogens is 4. The Labute approximate surface area is 126 Å². The predicted molar refractivity (Wildman–Crippen MR) is 72.3 cm³/mol. The summed E-state index contributed by atoms with van der Waals surface area (Å²) in [5, 5.41) is 2.50. The van der Waals surface area contributed by atoms with Crippen molar-refractivity contribution in [3.63, 3.8) is 0 Å². The van der Waals surface area contributed by atoms with Gasteiger partial charge in [-0.25, -0.2) is 9.97 Å². The minimum atomic E-state index is -3.69. The molecule has 0 atom stereocenters. The van der Waals surface area contributed by atoms with E-state index in [0.717, 1.165) is 0 Å². The molecule has 4 rings (SSSR count). The standard InChI is InChI=1S/C13H7F2N5O3/c14-13(15)22-9-3-6-7(4-10(9)23-13)19-12(18-6)20-11(21)8-5-16-1-2-17-8/h1-5H,(H2,18,19,20,21). The third-order valence-corrected chi connectivity index (χ3v) is 3.03. The maximum Gasteiger partial charge on any atom is 0.586 e. The monoisotopic (exact) mass is 319 g/mol. The number of nitrogens with zero attached hydrogens (tertiary/aromatic N) is 3. The van der Waals surface area contributed by atoms with Gasteiger partial charge in [0.15, 0.2) is 11.5 Å². The van der Waals surface area contributed by atoms with Crippen molar-refractivity contribution in [2.45, 2.75) is 6.29 Å². The third-order valence-electron chi connectivity index (χ3n) is 3.03. The minimum absolute atomic E-state index is 0.113. The molecule has 1 amide bonds. The number of hydrogen-bond donors (Lipinski definition) is 2. The summed E-state index contributed by atoms with van der Waals surface area (Å²) in [6, 6.07) is 2.61. The van der Waals surface area contributed by atoms with Crippen LogP contribution < -0.4 is 14.8 Å². The summed E-state index contributed by atoms with van der Waals surface area (Å²) in [7, 11) is 0. The molecule has 0 spiro atoms. The van der Waals surface area contributed by atoms with E-state index in [0.29, 0.717) is 11.0 Å². The highest BCUT2D eigenvalue weighted by atomic mass is 19.3. The Bertz CT molecular complexity index is 868. The van der Waals surface area contributed by atoms with Gasteiger partial charge in [0.1, 0.15) is 5.69 Å². The zero-order valence-corrected chi connectivity index (χ0v) is 11.2. The highest BCUT2D eigenvalue weighted by Crippen LogP contribution is 2.42. The van der Waals surface area contributed by atoms with Gasteiger partial charge in [-0.1, -0.05) is 0 Å². The van der Waals surface area contributed by atoms with Gasteiger partial charge in [0.25, 0.3) is 5.91 Å². The first kappa shape index (κ1) is 13.4. The maximum atomic E-state index is 13.0. The molecule has 10 heteroatoms. The van der Waals surface area contributed by atoms with E-state index in [2.05, 4.69) is 34.7 Å². The highest BCUT2D eigenvalue weighted by molar-refractivity contribution is 6.02. The largest absolute Gasteiger partial charge is 0.586 e. The molecule has 116 valence electrons. The van der Waals surface area contributed by atoms with Crippen LogP contribution in [-0.4, -0.2) is 32.1 Å². The van der Waals surface area contributed by atoms with Gasteiger partial charge < -0.3 is 14.5 Å². The number of halogens is 2. The molecule has 0 radical (unpaired) electrons. The Morgan fingerprint density at radius 2 is 2.00 bits per heavy atom. The van der Waals surface area contributed by atoms with Crippen molar-refractivity contribution < 1.29 is 23.0 Å². The van der Waals surface area contributed by atoms with Crippen LogP contribution in [0.5, 0.6) is 11.5 Å². The minimum Gasteiger partial charge on any atom is -0.395 e. The van der Waals surface area contributed by atoms with Gasteiger partial charge in [0.05, 0.1) is 17.2 Å². The van der Waals surface area contributed by atoms with Crippen LogP contribution in [0.2, 0.25) is 0 Å². The van der Waals surface area contributed by atoms with E-state index in [-0.39, 0.29) is 23.1 Å². The van der Waals surface area contributed by atoms with Crippen molar-refractivity contribution in [3.8, 4) is 11.5 Å². The molecule has 0 fully saturated rings. The second kappa shape index (κ2) is 4.60. The Balaban J connectivity index is 1.62. The number of hydrogen-bond acceptors (Lipinski definition) is 6. The molecular weight excluding hydrogens is 312 g/mol. The van der Waals surface area contributed by atoms with Crippen molar-refractivity contribution in [1.29, 1.82) is 0 Å². The van der Waals surface area contributed by atoms with E-state index >= 15 is 0 Å². The van der Waals surface area contributed by atoms with Crippen LogP contribution in [0.25, 0.3) is 11.0 Å². The van der Waals surface area contributed by atoms with Crippen LogP contribution in [0, 0.1) is 0 Å². The van der Waals surface area contributed by atoms with Crippen LogP contribution in [0.3, 0.4) is 0 Å². The number of ether oxygens (including phenoxy) is 2. The summed E-state index contributed by atoms with van der Waals surface area (Å²) >= 11 is 0. The number of amides is 1. The van der Waals surface area contributed by atoms with Crippen LogP contribution in [0.1, 0.15) is 10.5 Å². The van der Waals surface area contributed by atoms with Crippen LogP contribution in [0.15, 0.2) is 30.7 Å². The van der Waals surface area contributed by atoms with Crippen LogP contribution in [-0.2, 0) is 0 Å². The van der Waals surface area contributed by atoms with E-state index in [9.17, 15) is 13.6 Å². The molecule has 0 bridgehead atoms. The fourth-order valence-electron chi connectivity index (χ4n) is 2.10. The molecule has 1 aromatic carbocycles. The van der Waals surface area contributed by atoms with Crippen molar-refractivity contribution in [2.75, 3.05) is 5.32 Å². The fourth-order valence-corrected chi connectivity index (χ4v) is 2.10. The molecule has 0 aliphatic carbocycles.